The van der Waals surface area contributed by atoms with Crippen LogP contribution >= 0.6 is 0 Å². The number of hydrogen-bond donors (Lipinski definition) is 1. The molecule has 5 nitrogen and oxygen atoms in total. The Morgan fingerprint density at radius 2 is 1.68 bits per heavy atom. The summed E-state index contributed by atoms with van der Waals surface area (Å²) in [6.07, 6.45) is 0. The summed E-state index contributed by atoms with van der Waals surface area (Å²) >= 11 is 0. The number of ether oxygens (including phenoxy) is 2. The first-order chi connectivity index (χ1) is 10.7. The van der Waals surface area contributed by atoms with E-state index in [0.717, 1.165) is 0 Å². The molecule has 0 radical (unpaired) electrons. The van der Waals surface area contributed by atoms with E-state index in [1.807, 2.05) is 12.1 Å². The van der Waals surface area contributed by atoms with Gasteiger partial charge in [-0.3, -0.25) is 0 Å². The largest absolute Gasteiger partial charge is 0.494 e. The molecule has 0 amide bonds. The molecule has 0 aromatic heterocycles. The van der Waals surface area contributed by atoms with Crippen LogP contribution in [0, 0.1) is 22.7 Å². The van der Waals surface area contributed by atoms with E-state index in [1.165, 1.54) is 7.11 Å². The number of anilines is 1. The number of methoxy groups -OCH3 is 1. The lowest BCUT2D eigenvalue weighted by molar-refractivity contribution is 0.368. The fourth-order valence-corrected chi connectivity index (χ4v) is 1.88. The first kappa shape index (κ1) is 15.0. The lowest BCUT2D eigenvalue weighted by atomic mass is 10.1. The molecule has 5 heteroatoms. The van der Waals surface area contributed by atoms with Crippen LogP contribution in [0.5, 0.6) is 11.5 Å². The van der Waals surface area contributed by atoms with Gasteiger partial charge in [0.25, 0.3) is 0 Å². The standard InChI is InChI=1S/C17H13N3O2/c1-21-17(13(10-18)11-19)12-5-7-15(8-6-12)22-16-4-2-3-14(20)9-16/h2-9H,20H2,1H3. The van der Waals surface area contributed by atoms with E-state index in [1.54, 1.807) is 48.5 Å². The summed E-state index contributed by atoms with van der Waals surface area (Å²) in [7, 11) is 1.42. The Morgan fingerprint density at radius 3 is 2.23 bits per heavy atom. The highest BCUT2D eigenvalue weighted by atomic mass is 16.5. The van der Waals surface area contributed by atoms with Crippen LogP contribution in [-0.4, -0.2) is 7.11 Å². The van der Waals surface area contributed by atoms with E-state index in [-0.39, 0.29) is 11.3 Å². The van der Waals surface area contributed by atoms with Gasteiger partial charge in [-0.15, -0.1) is 0 Å². The van der Waals surface area contributed by atoms with Crippen molar-refractivity contribution in [3.05, 3.63) is 59.7 Å². The van der Waals surface area contributed by atoms with Gasteiger partial charge in [-0.1, -0.05) is 6.07 Å². The van der Waals surface area contributed by atoms with E-state index < -0.39 is 0 Å². The molecule has 0 fully saturated rings. The molecule has 0 spiro atoms. The first-order valence-electron chi connectivity index (χ1n) is 6.40. The first-order valence-corrected chi connectivity index (χ1v) is 6.40. The molecule has 2 aromatic carbocycles. The van der Waals surface area contributed by atoms with Crippen molar-refractivity contribution in [2.24, 2.45) is 0 Å². The number of nitrogens with two attached hydrogens (primary N) is 1. The molecule has 2 N–H and O–H groups in total. The van der Waals surface area contributed by atoms with Crippen molar-refractivity contribution in [3.8, 4) is 23.6 Å². The van der Waals surface area contributed by atoms with Gasteiger partial charge in [0.05, 0.1) is 7.11 Å². The Kier molecular flexibility index (Phi) is 4.64. The number of nitriles is 2. The minimum absolute atomic E-state index is 0.0769. The second-order valence-electron chi connectivity index (χ2n) is 4.33. The van der Waals surface area contributed by atoms with Gasteiger partial charge in [-0.05, 0) is 36.4 Å². The molecule has 0 aliphatic rings. The molecule has 108 valence electrons. The molecule has 0 aliphatic carbocycles. The Labute approximate surface area is 128 Å². The second kappa shape index (κ2) is 6.83. The zero-order valence-electron chi connectivity index (χ0n) is 11.9. The van der Waals surface area contributed by atoms with Crippen LogP contribution < -0.4 is 10.5 Å². The third-order valence-electron chi connectivity index (χ3n) is 2.87. The van der Waals surface area contributed by atoms with Crippen LogP contribution in [0.3, 0.4) is 0 Å². The Hall–Kier alpha value is -3.44. The van der Waals surface area contributed by atoms with Crippen molar-refractivity contribution in [2.75, 3.05) is 12.8 Å². The summed E-state index contributed by atoms with van der Waals surface area (Å²) in [5, 5.41) is 17.8. The summed E-state index contributed by atoms with van der Waals surface area (Å²) in [4.78, 5) is 0. The highest BCUT2D eigenvalue weighted by molar-refractivity contribution is 5.70. The molecule has 0 saturated carbocycles. The molecule has 0 bridgehead atoms. The third kappa shape index (κ3) is 3.36. The topological polar surface area (TPSA) is 92.1 Å². The lowest BCUT2D eigenvalue weighted by Crippen LogP contribution is -1.93. The van der Waals surface area contributed by atoms with Gasteiger partial charge in [0.15, 0.2) is 11.3 Å². The normalized spacial score (nSPS) is 9.23. The maximum atomic E-state index is 8.92. The van der Waals surface area contributed by atoms with E-state index in [2.05, 4.69) is 0 Å². The number of allylic oxidation sites excluding steroid dienone is 1. The maximum absolute atomic E-state index is 8.92. The van der Waals surface area contributed by atoms with Crippen LogP contribution in [0.15, 0.2) is 54.1 Å². The summed E-state index contributed by atoms with van der Waals surface area (Å²) in [5.41, 5.74) is 6.86. The minimum atomic E-state index is -0.0769. The quantitative estimate of drug-likeness (QED) is 0.529. The van der Waals surface area contributed by atoms with Gasteiger partial charge in [0.2, 0.25) is 0 Å². The van der Waals surface area contributed by atoms with E-state index in [0.29, 0.717) is 22.7 Å². The molecule has 0 saturated heterocycles. The number of hydrogen-bond acceptors (Lipinski definition) is 5. The number of nitrogens with zero attached hydrogens (tertiary/aromatic N) is 2. The smallest absolute Gasteiger partial charge is 0.172 e. The van der Waals surface area contributed by atoms with E-state index in [4.69, 9.17) is 25.7 Å². The fourth-order valence-electron chi connectivity index (χ4n) is 1.88. The number of benzene rings is 2. The van der Waals surface area contributed by atoms with Crippen molar-refractivity contribution in [1.82, 2.24) is 0 Å². The van der Waals surface area contributed by atoms with Crippen molar-refractivity contribution < 1.29 is 9.47 Å². The zero-order chi connectivity index (χ0) is 15.9. The average molecular weight is 291 g/mol. The highest BCUT2D eigenvalue weighted by Crippen LogP contribution is 2.26. The van der Waals surface area contributed by atoms with Crippen LogP contribution in [0.4, 0.5) is 5.69 Å². The van der Waals surface area contributed by atoms with Gasteiger partial charge in [-0.25, -0.2) is 0 Å². The van der Waals surface area contributed by atoms with Gasteiger partial charge >= 0.3 is 0 Å². The van der Waals surface area contributed by atoms with Crippen LogP contribution in [-0.2, 0) is 4.74 Å². The summed E-state index contributed by atoms with van der Waals surface area (Å²) in [5.74, 6) is 1.48. The summed E-state index contributed by atoms with van der Waals surface area (Å²) in [6.45, 7) is 0. The lowest BCUT2D eigenvalue weighted by Gasteiger charge is -2.09. The molecule has 0 unspecified atom stereocenters. The van der Waals surface area contributed by atoms with Crippen LogP contribution in [0.25, 0.3) is 5.76 Å². The van der Waals surface area contributed by atoms with Crippen molar-refractivity contribution in [1.29, 1.82) is 10.5 Å². The molecule has 0 aliphatic heterocycles. The number of rotatable bonds is 4. The molecular formula is C17H13N3O2. The SMILES string of the molecule is COC(=C(C#N)C#N)c1ccc(Oc2cccc(N)c2)cc1. The van der Waals surface area contributed by atoms with Gasteiger partial charge < -0.3 is 15.2 Å². The fraction of sp³-hybridized carbons (Fsp3) is 0.0588. The van der Waals surface area contributed by atoms with E-state index >= 15 is 0 Å². The van der Waals surface area contributed by atoms with Crippen molar-refractivity contribution >= 4 is 11.4 Å². The molecule has 22 heavy (non-hydrogen) atoms. The molecule has 0 heterocycles. The maximum Gasteiger partial charge on any atom is 0.172 e. The van der Waals surface area contributed by atoms with Crippen molar-refractivity contribution in [2.45, 2.75) is 0 Å². The monoisotopic (exact) mass is 291 g/mol. The Balaban J connectivity index is 2.26. The number of nitrogen functional groups attached to an aromatic ring is 1. The van der Waals surface area contributed by atoms with Gasteiger partial charge in [0.1, 0.15) is 23.6 Å². The Morgan fingerprint density at radius 1 is 1.00 bits per heavy atom. The second-order valence-corrected chi connectivity index (χ2v) is 4.33. The summed E-state index contributed by atoms with van der Waals surface area (Å²) in [6, 6.07) is 17.6. The minimum Gasteiger partial charge on any atom is -0.494 e. The average Bonchev–Trinajstić information content (AvgIpc) is 2.53. The molecular weight excluding hydrogens is 278 g/mol. The highest BCUT2D eigenvalue weighted by Gasteiger charge is 2.10. The van der Waals surface area contributed by atoms with Gasteiger partial charge in [0, 0.05) is 17.3 Å². The zero-order valence-corrected chi connectivity index (χ0v) is 11.9. The van der Waals surface area contributed by atoms with Crippen molar-refractivity contribution in [3.63, 3.8) is 0 Å². The molecule has 2 rings (SSSR count). The third-order valence-corrected chi connectivity index (χ3v) is 2.87. The predicted molar refractivity (Wildman–Crippen MR) is 82.5 cm³/mol. The van der Waals surface area contributed by atoms with Crippen LogP contribution in [0.1, 0.15) is 5.56 Å². The Bertz CT molecular complexity index is 765. The molecule has 2 aromatic rings. The van der Waals surface area contributed by atoms with Crippen LogP contribution in [0.2, 0.25) is 0 Å². The van der Waals surface area contributed by atoms with E-state index in [9.17, 15) is 0 Å². The predicted octanol–water partition coefficient (Wildman–Crippen LogP) is 3.47. The molecule has 0 atom stereocenters. The summed E-state index contributed by atoms with van der Waals surface area (Å²) < 4.78 is 10.8. The van der Waals surface area contributed by atoms with Gasteiger partial charge in [-0.2, -0.15) is 10.5 Å².